The molecule has 0 bridgehead atoms. The molecule has 0 aliphatic carbocycles. The molecule has 8 heteroatoms. The van der Waals surface area contributed by atoms with Crippen molar-refractivity contribution in [2.24, 2.45) is 0 Å². The van der Waals surface area contributed by atoms with E-state index < -0.39 is 0 Å². The first-order valence-electron chi connectivity index (χ1n) is 11.8. The van der Waals surface area contributed by atoms with E-state index in [1.54, 1.807) is 13.3 Å². The zero-order valence-electron chi connectivity index (χ0n) is 20.3. The van der Waals surface area contributed by atoms with E-state index in [0.717, 1.165) is 41.2 Å². The van der Waals surface area contributed by atoms with Crippen molar-refractivity contribution in [3.8, 4) is 11.6 Å². The van der Waals surface area contributed by atoms with Crippen molar-refractivity contribution < 1.29 is 14.3 Å². The number of nitrogens with zero attached hydrogens (tertiary/aromatic N) is 4. The zero-order valence-corrected chi connectivity index (χ0v) is 20.3. The van der Waals surface area contributed by atoms with Crippen molar-refractivity contribution in [2.45, 2.75) is 26.5 Å². The molecule has 0 saturated carbocycles. The van der Waals surface area contributed by atoms with Gasteiger partial charge < -0.3 is 19.7 Å². The molecule has 4 aromatic rings. The summed E-state index contributed by atoms with van der Waals surface area (Å²) in [4.78, 5) is 28.6. The minimum absolute atomic E-state index is 0.233. The summed E-state index contributed by atoms with van der Waals surface area (Å²) in [6.07, 6.45) is 4.14. The van der Waals surface area contributed by atoms with Gasteiger partial charge >= 0.3 is 0 Å². The van der Waals surface area contributed by atoms with Gasteiger partial charge in [0.1, 0.15) is 17.9 Å². The number of nitrogens with one attached hydrogen (secondary N) is 1. The second-order valence-corrected chi connectivity index (χ2v) is 8.52. The first-order chi connectivity index (χ1) is 17.6. The molecular formula is C28H27N5O3. The van der Waals surface area contributed by atoms with Gasteiger partial charge in [-0.25, -0.2) is 4.98 Å². The lowest BCUT2D eigenvalue weighted by molar-refractivity contribution is 0.0944. The molecule has 182 valence electrons. The number of pyridine rings is 1. The maximum Gasteiger partial charge on any atom is 0.258 e. The van der Waals surface area contributed by atoms with E-state index >= 15 is 0 Å². The van der Waals surface area contributed by atoms with Gasteiger partial charge in [0.15, 0.2) is 0 Å². The van der Waals surface area contributed by atoms with Crippen LogP contribution in [0, 0.1) is 6.92 Å². The van der Waals surface area contributed by atoms with Crippen LogP contribution in [0.4, 0.5) is 11.6 Å². The number of para-hydroxylation sites is 1. The molecule has 0 spiro atoms. The first kappa shape index (κ1) is 23.3. The Morgan fingerprint density at radius 2 is 1.94 bits per heavy atom. The number of methoxy groups -OCH3 is 1. The van der Waals surface area contributed by atoms with Crippen molar-refractivity contribution in [1.29, 1.82) is 0 Å². The Balaban J connectivity index is 1.41. The molecule has 0 unspecified atom stereocenters. The molecule has 36 heavy (non-hydrogen) atoms. The molecule has 0 atom stereocenters. The quantitative estimate of drug-likeness (QED) is 0.399. The summed E-state index contributed by atoms with van der Waals surface area (Å²) in [5, 5.41) is 2.89. The molecule has 5 rings (SSSR count). The van der Waals surface area contributed by atoms with E-state index in [2.05, 4.69) is 32.3 Å². The Morgan fingerprint density at radius 3 is 2.75 bits per heavy atom. The van der Waals surface area contributed by atoms with Crippen LogP contribution in [-0.2, 0) is 19.6 Å². The molecule has 3 heterocycles. The van der Waals surface area contributed by atoms with E-state index in [9.17, 15) is 4.79 Å². The van der Waals surface area contributed by atoms with Crippen LogP contribution >= 0.6 is 0 Å². The molecule has 2 aromatic carbocycles. The molecule has 0 saturated heterocycles. The second kappa shape index (κ2) is 10.4. The number of hydrogen-bond donors (Lipinski definition) is 1. The topological polar surface area (TPSA) is 89.5 Å². The minimum Gasteiger partial charge on any atom is -0.496 e. The number of anilines is 2. The first-order valence-corrected chi connectivity index (χ1v) is 11.8. The molecule has 2 aromatic heterocycles. The highest BCUT2D eigenvalue weighted by Crippen LogP contribution is 2.33. The van der Waals surface area contributed by atoms with E-state index in [4.69, 9.17) is 14.5 Å². The number of aromatic nitrogens is 3. The number of amides is 1. The van der Waals surface area contributed by atoms with Gasteiger partial charge in [-0.05, 0) is 60.4 Å². The van der Waals surface area contributed by atoms with Gasteiger partial charge in [-0.2, -0.15) is 4.98 Å². The number of ether oxygens (including phenoxy) is 2. The lowest BCUT2D eigenvalue weighted by atomic mass is 10.1. The van der Waals surface area contributed by atoms with Crippen molar-refractivity contribution >= 4 is 17.5 Å². The number of benzene rings is 2. The van der Waals surface area contributed by atoms with Gasteiger partial charge in [0, 0.05) is 24.6 Å². The lowest BCUT2D eigenvalue weighted by Gasteiger charge is -2.19. The normalized spacial score (nSPS) is 12.2. The van der Waals surface area contributed by atoms with Crippen LogP contribution in [0.5, 0.6) is 11.6 Å². The molecule has 0 radical (unpaired) electrons. The molecule has 0 fully saturated rings. The highest BCUT2D eigenvalue weighted by atomic mass is 16.5. The van der Waals surface area contributed by atoms with Crippen molar-refractivity contribution in [3.63, 3.8) is 0 Å². The summed E-state index contributed by atoms with van der Waals surface area (Å²) >= 11 is 0. The molecular weight excluding hydrogens is 454 g/mol. The maximum absolute atomic E-state index is 13.1. The van der Waals surface area contributed by atoms with Gasteiger partial charge in [-0.15, -0.1) is 0 Å². The molecule has 1 N–H and O–H groups in total. The van der Waals surface area contributed by atoms with Gasteiger partial charge in [-0.3, -0.25) is 9.78 Å². The maximum atomic E-state index is 13.1. The Kier molecular flexibility index (Phi) is 6.75. The molecule has 8 nitrogen and oxygen atoms in total. The lowest BCUT2D eigenvalue weighted by Crippen LogP contribution is -2.25. The van der Waals surface area contributed by atoms with Crippen LogP contribution in [0.15, 0.2) is 73.1 Å². The number of rotatable bonds is 8. The zero-order chi connectivity index (χ0) is 24.9. The van der Waals surface area contributed by atoms with Crippen LogP contribution in [0.2, 0.25) is 0 Å². The van der Waals surface area contributed by atoms with E-state index in [-0.39, 0.29) is 30.5 Å². The molecule has 1 aliphatic heterocycles. The summed E-state index contributed by atoms with van der Waals surface area (Å²) in [6.45, 7) is 3.28. The number of fused-ring (bicyclic) bond motifs is 1. The predicted octanol–water partition coefficient (Wildman–Crippen LogP) is 4.39. The second-order valence-electron chi connectivity index (χ2n) is 8.52. The highest BCUT2D eigenvalue weighted by molar-refractivity contribution is 5.96. The third-order valence-electron chi connectivity index (χ3n) is 6.11. The van der Waals surface area contributed by atoms with Crippen molar-refractivity contribution in [1.82, 2.24) is 20.3 Å². The fraction of sp³-hybridized carbons (Fsp3) is 0.214. The predicted molar refractivity (Wildman–Crippen MR) is 137 cm³/mol. The summed E-state index contributed by atoms with van der Waals surface area (Å²) in [5.74, 6) is 1.22. The fourth-order valence-electron chi connectivity index (χ4n) is 4.25. The Labute approximate surface area is 210 Å². The number of hydrogen-bond acceptors (Lipinski definition) is 7. The fourth-order valence-corrected chi connectivity index (χ4v) is 4.25. The van der Waals surface area contributed by atoms with E-state index in [1.165, 1.54) is 11.8 Å². The third-order valence-corrected chi connectivity index (χ3v) is 6.11. The highest BCUT2D eigenvalue weighted by Gasteiger charge is 2.24. The van der Waals surface area contributed by atoms with Gasteiger partial charge in [0.05, 0.1) is 19.3 Å². The SMILES string of the molecule is COc1ccc(COc2nc(N3CCc4ccccc43)ncc2C(=O)NCc2ccccn2)cc1C. The minimum atomic E-state index is -0.324. The molecule has 1 aliphatic rings. The number of carbonyl (C=O) groups is 1. The van der Waals surface area contributed by atoms with Crippen molar-refractivity contribution in [2.75, 3.05) is 18.6 Å². The molecule has 1 amide bonds. The van der Waals surface area contributed by atoms with Crippen LogP contribution in [0.1, 0.15) is 32.7 Å². The van der Waals surface area contributed by atoms with Crippen molar-refractivity contribution in [3.05, 3.63) is 101 Å². The summed E-state index contributed by atoms with van der Waals surface area (Å²) < 4.78 is 11.5. The Morgan fingerprint density at radius 1 is 1.08 bits per heavy atom. The van der Waals surface area contributed by atoms with Gasteiger partial charge in [0.2, 0.25) is 11.8 Å². The van der Waals surface area contributed by atoms with Gasteiger partial charge in [0.25, 0.3) is 5.91 Å². The monoisotopic (exact) mass is 481 g/mol. The summed E-state index contributed by atoms with van der Waals surface area (Å²) in [5.41, 5.74) is 5.29. The standard InChI is InChI=1S/C28H27N5O3/c1-19-15-20(10-11-25(19)35-2)18-36-27-23(26(34)30-16-22-8-5-6-13-29-22)17-31-28(32-27)33-14-12-21-7-3-4-9-24(21)33/h3-11,13,15,17H,12,14,16,18H2,1-2H3,(H,30,34). The van der Waals surface area contributed by atoms with Crippen LogP contribution in [0.25, 0.3) is 0 Å². The van der Waals surface area contributed by atoms with Crippen LogP contribution in [-0.4, -0.2) is 34.5 Å². The van der Waals surface area contributed by atoms with Gasteiger partial charge in [-0.1, -0.05) is 30.3 Å². The third kappa shape index (κ3) is 4.98. The Hall–Kier alpha value is -4.46. The largest absolute Gasteiger partial charge is 0.496 e. The van der Waals surface area contributed by atoms with Crippen LogP contribution in [0.3, 0.4) is 0 Å². The number of aryl methyl sites for hydroxylation is 1. The average Bonchev–Trinajstić information content (AvgIpc) is 3.35. The van der Waals surface area contributed by atoms with E-state index in [1.807, 2.05) is 55.5 Å². The average molecular weight is 482 g/mol. The smallest absolute Gasteiger partial charge is 0.258 e. The Bertz CT molecular complexity index is 1380. The number of carbonyl (C=O) groups excluding carboxylic acids is 1. The van der Waals surface area contributed by atoms with Crippen LogP contribution < -0.4 is 19.7 Å². The summed E-state index contributed by atoms with van der Waals surface area (Å²) in [6, 6.07) is 19.6. The van der Waals surface area contributed by atoms with E-state index in [0.29, 0.717) is 5.95 Å². The summed E-state index contributed by atoms with van der Waals surface area (Å²) in [7, 11) is 1.65.